The lowest BCUT2D eigenvalue weighted by molar-refractivity contribution is -0.129. The molecule has 0 bridgehead atoms. The van der Waals surface area contributed by atoms with Gasteiger partial charge in [0.25, 0.3) is 0 Å². The number of nitrogens with one attached hydrogen (secondary N) is 6. The van der Waals surface area contributed by atoms with E-state index in [2.05, 4.69) is 32.3 Å². The molecule has 2 aromatic rings. The third-order valence-electron chi connectivity index (χ3n) is 3.57. The standard InChI is InChI=1S/C19H22N6O2S2/c1-12-3-7-14(8-4-12)20-18(28)24-22-16(26)11-17(27)23-25-19(29)21-15-9-5-13(2)6-10-15/h3-10H,11H2,1-2H3,(H,22,26)(H,23,27)(H2,20,24,28)(H2,21,25,29). The van der Waals surface area contributed by atoms with Gasteiger partial charge in [-0.2, -0.15) is 0 Å². The number of hydrogen-bond acceptors (Lipinski definition) is 4. The number of anilines is 2. The molecular formula is C19H22N6O2S2. The van der Waals surface area contributed by atoms with Crippen LogP contribution >= 0.6 is 24.4 Å². The van der Waals surface area contributed by atoms with Crippen LogP contribution in [0.1, 0.15) is 17.5 Å². The smallest absolute Gasteiger partial charge is 0.247 e. The third-order valence-corrected chi connectivity index (χ3v) is 3.98. The Bertz CT molecular complexity index is 811. The summed E-state index contributed by atoms with van der Waals surface area (Å²) in [5.41, 5.74) is 13.6. The van der Waals surface area contributed by atoms with Crippen molar-refractivity contribution in [3.05, 3.63) is 59.7 Å². The average molecular weight is 431 g/mol. The minimum absolute atomic E-state index is 0.198. The molecule has 0 heterocycles. The highest BCUT2D eigenvalue weighted by Crippen LogP contribution is 2.08. The van der Waals surface area contributed by atoms with Gasteiger partial charge in [-0.3, -0.25) is 31.3 Å². The second kappa shape index (κ2) is 10.9. The van der Waals surface area contributed by atoms with Gasteiger partial charge in [-0.25, -0.2) is 0 Å². The summed E-state index contributed by atoms with van der Waals surface area (Å²) >= 11 is 10.2. The number of carbonyl (C=O) groups excluding carboxylic acids is 2. The quantitative estimate of drug-likeness (QED) is 0.249. The molecule has 0 aromatic heterocycles. The van der Waals surface area contributed by atoms with Crippen molar-refractivity contribution in [1.29, 1.82) is 0 Å². The minimum Gasteiger partial charge on any atom is -0.331 e. The third kappa shape index (κ3) is 8.54. The lowest BCUT2D eigenvalue weighted by Crippen LogP contribution is -2.48. The van der Waals surface area contributed by atoms with E-state index in [1.165, 1.54) is 0 Å². The molecule has 0 saturated carbocycles. The molecule has 152 valence electrons. The normalized spacial score (nSPS) is 9.72. The zero-order valence-corrected chi connectivity index (χ0v) is 17.6. The fourth-order valence-electron chi connectivity index (χ4n) is 2.09. The summed E-state index contributed by atoms with van der Waals surface area (Å²) in [4.78, 5) is 23.6. The van der Waals surface area contributed by atoms with Crippen molar-refractivity contribution < 1.29 is 9.59 Å². The van der Waals surface area contributed by atoms with Crippen LogP contribution in [-0.2, 0) is 9.59 Å². The van der Waals surface area contributed by atoms with Gasteiger partial charge >= 0.3 is 0 Å². The molecule has 0 unspecified atom stereocenters. The van der Waals surface area contributed by atoms with E-state index < -0.39 is 18.2 Å². The van der Waals surface area contributed by atoms with Crippen molar-refractivity contribution in [2.45, 2.75) is 20.3 Å². The lowest BCUT2D eigenvalue weighted by atomic mass is 10.2. The molecule has 6 N–H and O–H groups in total. The summed E-state index contributed by atoms with van der Waals surface area (Å²) in [6.45, 7) is 3.96. The molecule has 10 heteroatoms. The molecule has 29 heavy (non-hydrogen) atoms. The molecule has 0 aliphatic rings. The van der Waals surface area contributed by atoms with Crippen LogP contribution in [0.15, 0.2) is 48.5 Å². The number of amides is 2. The van der Waals surface area contributed by atoms with Crippen LogP contribution in [0.25, 0.3) is 0 Å². The van der Waals surface area contributed by atoms with Crippen molar-refractivity contribution in [2.24, 2.45) is 0 Å². The van der Waals surface area contributed by atoms with Gasteiger partial charge in [-0.1, -0.05) is 35.4 Å². The van der Waals surface area contributed by atoms with E-state index in [1.807, 2.05) is 62.4 Å². The monoisotopic (exact) mass is 430 g/mol. The van der Waals surface area contributed by atoms with E-state index in [4.69, 9.17) is 24.4 Å². The summed E-state index contributed by atoms with van der Waals surface area (Å²) in [5.74, 6) is -1.12. The predicted octanol–water partition coefficient (Wildman–Crippen LogP) is 2.03. The van der Waals surface area contributed by atoms with Gasteiger partial charge in [0.2, 0.25) is 11.8 Å². The van der Waals surface area contributed by atoms with E-state index in [1.54, 1.807) is 0 Å². The Labute approximate surface area is 179 Å². The molecule has 0 aliphatic heterocycles. The van der Waals surface area contributed by atoms with Crippen LogP contribution < -0.4 is 32.3 Å². The summed E-state index contributed by atoms with van der Waals surface area (Å²) < 4.78 is 0. The Morgan fingerprint density at radius 1 is 0.655 bits per heavy atom. The maximum atomic E-state index is 11.8. The Balaban J connectivity index is 1.64. The van der Waals surface area contributed by atoms with Crippen molar-refractivity contribution in [1.82, 2.24) is 21.7 Å². The van der Waals surface area contributed by atoms with Crippen LogP contribution in [0.5, 0.6) is 0 Å². The highest BCUT2D eigenvalue weighted by Gasteiger charge is 2.10. The first-order chi connectivity index (χ1) is 13.8. The van der Waals surface area contributed by atoms with Crippen molar-refractivity contribution in [3.8, 4) is 0 Å². The van der Waals surface area contributed by atoms with E-state index in [0.29, 0.717) is 0 Å². The number of carbonyl (C=O) groups is 2. The predicted molar refractivity (Wildman–Crippen MR) is 122 cm³/mol. The van der Waals surface area contributed by atoms with Crippen molar-refractivity contribution in [2.75, 3.05) is 10.6 Å². The fourth-order valence-corrected chi connectivity index (χ4v) is 2.42. The first kappa shape index (κ1) is 22.1. The van der Waals surface area contributed by atoms with Crippen LogP contribution in [0.3, 0.4) is 0 Å². The zero-order chi connectivity index (χ0) is 21.2. The Kier molecular flexibility index (Phi) is 8.31. The SMILES string of the molecule is Cc1ccc(NC(=S)NNC(=O)CC(=O)NNC(=S)Nc2ccc(C)cc2)cc1. The summed E-state index contributed by atoms with van der Waals surface area (Å²) in [6, 6.07) is 15.2. The average Bonchev–Trinajstić information content (AvgIpc) is 2.68. The number of hydrogen-bond donors (Lipinski definition) is 6. The van der Waals surface area contributed by atoms with Gasteiger partial charge in [0.05, 0.1) is 0 Å². The van der Waals surface area contributed by atoms with Crippen LogP contribution in [-0.4, -0.2) is 22.0 Å². The summed E-state index contributed by atoms with van der Waals surface area (Å²) in [6.07, 6.45) is -0.416. The van der Waals surface area contributed by atoms with Gasteiger partial charge in [0.1, 0.15) is 6.42 Å². The van der Waals surface area contributed by atoms with Gasteiger partial charge in [0, 0.05) is 11.4 Å². The van der Waals surface area contributed by atoms with E-state index in [9.17, 15) is 9.59 Å². The summed E-state index contributed by atoms with van der Waals surface area (Å²) in [5, 5.41) is 6.22. The number of aryl methyl sites for hydroxylation is 2. The number of thiocarbonyl (C=S) groups is 2. The number of rotatable bonds is 4. The Morgan fingerprint density at radius 3 is 1.34 bits per heavy atom. The highest BCUT2D eigenvalue weighted by molar-refractivity contribution is 7.80. The molecule has 2 amide bonds. The molecular weight excluding hydrogens is 408 g/mol. The Hall–Kier alpha value is -3.24. The lowest BCUT2D eigenvalue weighted by Gasteiger charge is -2.13. The van der Waals surface area contributed by atoms with Crippen molar-refractivity contribution in [3.63, 3.8) is 0 Å². The maximum Gasteiger partial charge on any atom is 0.247 e. The first-order valence-corrected chi connectivity index (χ1v) is 9.48. The maximum absolute atomic E-state index is 11.8. The molecule has 2 rings (SSSR count). The van der Waals surface area contributed by atoms with Gasteiger partial charge in [-0.05, 0) is 62.5 Å². The van der Waals surface area contributed by atoms with E-state index >= 15 is 0 Å². The van der Waals surface area contributed by atoms with Gasteiger partial charge < -0.3 is 10.6 Å². The van der Waals surface area contributed by atoms with E-state index in [0.717, 1.165) is 22.5 Å². The molecule has 0 saturated heterocycles. The van der Waals surface area contributed by atoms with Crippen molar-refractivity contribution >= 4 is 57.8 Å². The van der Waals surface area contributed by atoms with Gasteiger partial charge in [-0.15, -0.1) is 0 Å². The van der Waals surface area contributed by atoms with E-state index in [-0.39, 0.29) is 10.2 Å². The topological polar surface area (TPSA) is 106 Å². The van der Waals surface area contributed by atoms with Crippen LogP contribution in [0.2, 0.25) is 0 Å². The molecule has 0 radical (unpaired) electrons. The molecule has 0 aliphatic carbocycles. The molecule has 8 nitrogen and oxygen atoms in total. The molecule has 0 spiro atoms. The molecule has 0 fully saturated rings. The number of hydrazine groups is 2. The molecule has 2 aromatic carbocycles. The second-order valence-electron chi connectivity index (χ2n) is 6.16. The van der Waals surface area contributed by atoms with Crippen LogP contribution in [0, 0.1) is 13.8 Å². The molecule has 0 atom stereocenters. The van der Waals surface area contributed by atoms with Crippen LogP contribution in [0.4, 0.5) is 11.4 Å². The minimum atomic E-state index is -0.560. The fraction of sp³-hybridized carbons (Fsp3) is 0.158. The Morgan fingerprint density at radius 2 is 1.00 bits per heavy atom. The summed E-state index contributed by atoms with van der Waals surface area (Å²) in [7, 11) is 0. The highest BCUT2D eigenvalue weighted by atomic mass is 32.1. The number of benzene rings is 2. The largest absolute Gasteiger partial charge is 0.331 e. The first-order valence-electron chi connectivity index (χ1n) is 8.67. The zero-order valence-electron chi connectivity index (χ0n) is 16.0. The van der Waals surface area contributed by atoms with Gasteiger partial charge in [0.15, 0.2) is 10.2 Å². The second-order valence-corrected chi connectivity index (χ2v) is 6.98.